The van der Waals surface area contributed by atoms with Gasteiger partial charge in [0.05, 0.1) is 0 Å². The van der Waals surface area contributed by atoms with E-state index in [4.69, 9.17) is 0 Å². The maximum absolute atomic E-state index is 11.0. The highest BCUT2D eigenvalue weighted by Crippen LogP contribution is 2.48. The molecule has 0 saturated heterocycles. The molecular formula is C10H14O. The summed E-state index contributed by atoms with van der Waals surface area (Å²) in [6, 6.07) is 0. The lowest BCUT2D eigenvalue weighted by atomic mass is 9.89. The summed E-state index contributed by atoms with van der Waals surface area (Å²) >= 11 is 0. The monoisotopic (exact) mass is 150 g/mol. The van der Waals surface area contributed by atoms with Crippen molar-refractivity contribution in [3.05, 3.63) is 11.6 Å². The molecule has 2 aliphatic carbocycles. The van der Waals surface area contributed by atoms with Crippen molar-refractivity contribution >= 4 is 5.78 Å². The smallest absolute Gasteiger partial charge is 0.156 e. The van der Waals surface area contributed by atoms with Gasteiger partial charge in [0.2, 0.25) is 0 Å². The molecule has 2 rings (SSSR count). The zero-order chi connectivity index (χ0) is 8.06. The van der Waals surface area contributed by atoms with Gasteiger partial charge in [-0.15, -0.1) is 0 Å². The Bertz CT molecular complexity index is 235. The molecule has 0 amide bonds. The molecule has 60 valence electrons. The summed E-state index contributed by atoms with van der Waals surface area (Å²) in [5.74, 6) is 0.956. The summed E-state index contributed by atoms with van der Waals surface area (Å²) < 4.78 is 0. The van der Waals surface area contributed by atoms with Gasteiger partial charge in [-0.1, -0.05) is 19.4 Å². The lowest BCUT2D eigenvalue weighted by Crippen LogP contribution is -2.06. The topological polar surface area (TPSA) is 17.1 Å². The number of hydrogen-bond donors (Lipinski definition) is 0. The standard InChI is InChI=1S/C10H14O/c1-10(2)5-7-3-9(11)4-8(7)6-10/h3,8H,4-6H2,1-2H3/t8-/m1/s1. The van der Waals surface area contributed by atoms with Gasteiger partial charge in [-0.25, -0.2) is 0 Å². The molecule has 0 unspecified atom stereocenters. The van der Waals surface area contributed by atoms with Gasteiger partial charge in [0, 0.05) is 6.42 Å². The summed E-state index contributed by atoms with van der Waals surface area (Å²) in [5, 5.41) is 0. The summed E-state index contributed by atoms with van der Waals surface area (Å²) in [5.41, 5.74) is 1.87. The SMILES string of the molecule is CC1(C)CC2=CC(=O)C[C@@H]2C1. The summed E-state index contributed by atoms with van der Waals surface area (Å²) in [4.78, 5) is 11.0. The number of carbonyl (C=O) groups is 1. The number of allylic oxidation sites excluding steroid dienone is 2. The van der Waals surface area contributed by atoms with E-state index in [9.17, 15) is 4.79 Å². The molecule has 1 fully saturated rings. The van der Waals surface area contributed by atoms with E-state index in [1.165, 1.54) is 12.0 Å². The minimum Gasteiger partial charge on any atom is -0.295 e. The number of ketones is 1. The Morgan fingerprint density at radius 3 is 2.91 bits per heavy atom. The molecule has 0 aromatic carbocycles. The van der Waals surface area contributed by atoms with Crippen LogP contribution in [0.3, 0.4) is 0 Å². The van der Waals surface area contributed by atoms with Crippen molar-refractivity contribution in [3.63, 3.8) is 0 Å². The van der Waals surface area contributed by atoms with Gasteiger partial charge in [-0.05, 0) is 30.3 Å². The van der Waals surface area contributed by atoms with Crippen molar-refractivity contribution in [2.75, 3.05) is 0 Å². The van der Waals surface area contributed by atoms with Crippen LogP contribution in [0.25, 0.3) is 0 Å². The van der Waals surface area contributed by atoms with E-state index >= 15 is 0 Å². The number of hydrogen-bond acceptors (Lipinski definition) is 1. The fourth-order valence-electron chi connectivity index (χ4n) is 2.45. The molecule has 1 heteroatoms. The van der Waals surface area contributed by atoms with Crippen LogP contribution in [0.4, 0.5) is 0 Å². The first-order valence-electron chi connectivity index (χ1n) is 4.30. The van der Waals surface area contributed by atoms with Gasteiger partial charge >= 0.3 is 0 Å². The molecule has 0 aliphatic heterocycles. The molecule has 2 aliphatic rings. The predicted molar refractivity (Wildman–Crippen MR) is 44.2 cm³/mol. The van der Waals surface area contributed by atoms with Crippen LogP contribution in [-0.4, -0.2) is 5.78 Å². The van der Waals surface area contributed by atoms with Crippen LogP contribution in [0.5, 0.6) is 0 Å². The molecule has 0 heterocycles. The lowest BCUT2D eigenvalue weighted by Gasteiger charge is -2.15. The summed E-state index contributed by atoms with van der Waals surface area (Å²) in [6.45, 7) is 4.58. The average molecular weight is 150 g/mol. The van der Waals surface area contributed by atoms with E-state index < -0.39 is 0 Å². The second-order valence-electron chi connectivity index (χ2n) is 4.63. The predicted octanol–water partition coefficient (Wildman–Crippen LogP) is 2.32. The number of carbonyl (C=O) groups excluding carboxylic acids is 1. The zero-order valence-corrected chi connectivity index (χ0v) is 7.18. The Labute approximate surface area is 67.5 Å². The first kappa shape index (κ1) is 7.08. The fraction of sp³-hybridized carbons (Fsp3) is 0.700. The van der Waals surface area contributed by atoms with Crippen molar-refractivity contribution in [2.45, 2.75) is 33.1 Å². The minimum atomic E-state index is 0.348. The van der Waals surface area contributed by atoms with Crippen LogP contribution in [0.1, 0.15) is 33.1 Å². The molecule has 1 saturated carbocycles. The maximum Gasteiger partial charge on any atom is 0.156 e. The Kier molecular flexibility index (Phi) is 1.26. The van der Waals surface area contributed by atoms with Crippen LogP contribution in [0.15, 0.2) is 11.6 Å². The average Bonchev–Trinajstić information content (AvgIpc) is 2.17. The first-order valence-corrected chi connectivity index (χ1v) is 4.30. The van der Waals surface area contributed by atoms with Crippen molar-refractivity contribution in [1.29, 1.82) is 0 Å². The van der Waals surface area contributed by atoms with E-state index in [1.54, 1.807) is 0 Å². The van der Waals surface area contributed by atoms with Gasteiger partial charge in [-0.3, -0.25) is 4.79 Å². The van der Waals surface area contributed by atoms with Gasteiger partial charge in [-0.2, -0.15) is 0 Å². The highest BCUT2D eigenvalue weighted by molar-refractivity contribution is 5.93. The van der Waals surface area contributed by atoms with Gasteiger partial charge in [0.25, 0.3) is 0 Å². The Morgan fingerprint density at radius 1 is 1.55 bits per heavy atom. The largest absolute Gasteiger partial charge is 0.295 e. The molecule has 11 heavy (non-hydrogen) atoms. The van der Waals surface area contributed by atoms with Gasteiger partial charge in [0.1, 0.15) is 0 Å². The fourth-order valence-corrected chi connectivity index (χ4v) is 2.45. The van der Waals surface area contributed by atoms with E-state index in [0.29, 0.717) is 17.1 Å². The Morgan fingerprint density at radius 2 is 2.27 bits per heavy atom. The highest BCUT2D eigenvalue weighted by atomic mass is 16.1. The van der Waals surface area contributed by atoms with Crippen LogP contribution in [0.2, 0.25) is 0 Å². The van der Waals surface area contributed by atoms with Gasteiger partial charge < -0.3 is 0 Å². The quantitative estimate of drug-likeness (QED) is 0.518. The molecule has 0 radical (unpaired) electrons. The molecule has 0 N–H and O–H groups in total. The molecule has 1 nitrogen and oxygen atoms in total. The van der Waals surface area contributed by atoms with E-state index in [2.05, 4.69) is 13.8 Å². The Hall–Kier alpha value is -0.590. The first-order chi connectivity index (χ1) is 5.07. The van der Waals surface area contributed by atoms with Crippen LogP contribution >= 0.6 is 0 Å². The third kappa shape index (κ3) is 1.13. The second kappa shape index (κ2) is 1.96. The third-order valence-electron chi connectivity index (χ3n) is 2.80. The molecule has 0 aromatic heterocycles. The summed E-state index contributed by atoms with van der Waals surface area (Å²) in [7, 11) is 0. The van der Waals surface area contributed by atoms with Crippen molar-refractivity contribution in [3.8, 4) is 0 Å². The second-order valence-corrected chi connectivity index (χ2v) is 4.63. The van der Waals surface area contributed by atoms with E-state index in [-0.39, 0.29) is 0 Å². The molecule has 0 bridgehead atoms. The molecule has 0 spiro atoms. The maximum atomic E-state index is 11.0. The van der Waals surface area contributed by atoms with Crippen molar-refractivity contribution in [1.82, 2.24) is 0 Å². The van der Waals surface area contributed by atoms with Crippen molar-refractivity contribution in [2.24, 2.45) is 11.3 Å². The third-order valence-corrected chi connectivity index (χ3v) is 2.80. The molecule has 1 atom stereocenters. The lowest BCUT2D eigenvalue weighted by molar-refractivity contribution is -0.114. The molecule has 0 aromatic rings. The van der Waals surface area contributed by atoms with Crippen LogP contribution in [-0.2, 0) is 4.79 Å². The van der Waals surface area contributed by atoms with Crippen LogP contribution in [0, 0.1) is 11.3 Å². The van der Waals surface area contributed by atoms with Crippen molar-refractivity contribution < 1.29 is 4.79 Å². The highest BCUT2D eigenvalue weighted by Gasteiger charge is 2.38. The zero-order valence-electron chi connectivity index (χ0n) is 7.18. The summed E-state index contributed by atoms with van der Waals surface area (Å²) in [6.07, 6.45) is 5.02. The van der Waals surface area contributed by atoms with E-state index in [1.807, 2.05) is 6.08 Å². The normalized spacial score (nSPS) is 33.8. The molecular weight excluding hydrogens is 136 g/mol. The minimum absolute atomic E-state index is 0.348. The number of rotatable bonds is 0. The van der Waals surface area contributed by atoms with Crippen LogP contribution < -0.4 is 0 Å². The van der Waals surface area contributed by atoms with E-state index in [0.717, 1.165) is 12.8 Å². The Balaban J connectivity index is 2.24. The number of fused-ring (bicyclic) bond motifs is 1. The van der Waals surface area contributed by atoms with Gasteiger partial charge in [0.15, 0.2) is 5.78 Å².